The SMILES string of the molecule is COC(=O)C(=N)c1ccccc1. The van der Waals surface area contributed by atoms with Gasteiger partial charge in [-0.25, -0.2) is 4.79 Å². The Bertz CT molecular complexity index is 293. The summed E-state index contributed by atoms with van der Waals surface area (Å²) in [5.74, 6) is -0.610. The number of rotatable bonds is 2. The van der Waals surface area contributed by atoms with E-state index in [0.29, 0.717) is 5.56 Å². The number of benzene rings is 1. The van der Waals surface area contributed by atoms with Crippen LogP contribution in [-0.4, -0.2) is 18.8 Å². The van der Waals surface area contributed by atoms with Gasteiger partial charge in [-0.05, 0) is 0 Å². The van der Waals surface area contributed by atoms with Crippen LogP contribution in [0.2, 0.25) is 0 Å². The molecule has 12 heavy (non-hydrogen) atoms. The molecule has 0 aliphatic carbocycles. The van der Waals surface area contributed by atoms with Crippen LogP contribution >= 0.6 is 0 Å². The Labute approximate surface area is 70.5 Å². The lowest BCUT2D eigenvalue weighted by Crippen LogP contribution is -2.15. The molecule has 62 valence electrons. The van der Waals surface area contributed by atoms with Crippen molar-refractivity contribution < 1.29 is 9.53 Å². The van der Waals surface area contributed by atoms with E-state index < -0.39 is 5.97 Å². The zero-order chi connectivity index (χ0) is 8.97. The number of methoxy groups -OCH3 is 1. The molecule has 1 aromatic carbocycles. The van der Waals surface area contributed by atoms with E-state index >= 15 is 0 Å². The van der Waals surface area contributed by atoms with Crippen molar-refractivity contribution in [1.82, 2.24) is 0 Å². The molecule has 1 rings (SSSR count). The maximum atomic E-state index is 10.9. The Hall–Kier alpha value is -1.64. The molecular formula is C9H9NO2. The maximum Gasteiger partial charge on any atom is 0.356 e. The monoisotopic (exact) mass is 163 g/mol. The fourth-order valence-corrected chi connectivity index (χ4v) is 0.825. The van der Waals surface area contributed by atoms with Crippen molar-refractivity contribution in [3.8, 4) is 0 Å². The van der Waals surface area contributed by atoms with Crippen molar-refractivity contribution in [3.05, 3.63) is 35.9 Å². The van der Waals surface area contributed by atoms with Gasteiger partial charge in [0.15, 0.2) is 0 Å². The van der Waals surface area contributed by atoms with Gasteiger partial charge in [0.05, 0.1) is 7.11 Å². The molecule has 0 atom stereocenters. The molecule has 0 amide bonds. The van der Waals surface area contributed by atoms with E-state index in [0.717, 1.165) is 0 Å². The average Bonchev–Trinajstić information content (AvgIpc) is 2.17. The molecule has 0 spiro atoms. The molecule has 0 aliphatic rings. The predicted molar refractivity (Wildman–Crippen MR) is 45.3 cm³/mol. The van der Waals surface area contributed by atoms with Crippen LogP contribution in [0, 0.1) is 5.41 Å². The molecular weight excluding hydrogens is 154 g/mol. The van der Waals surface area contributed by atoms with Gasteiger partial charge in [-0.3, -0.25) is 5.41 Å². The summed E-state index contributed by atoms with van der Waals surface area (Å²) in [6, 6.07) is 8.76. The summed E-state index contributed by atoms with van der Waals surface area (Å²) in [7, 11) is 1.26. The first-order valence-electron chi connectivity index (χ1n) is 3.48. The molecule has 0 aliphatic heterocycles. The molecule has 0 aromatic heterocycles. The molecule has 0 fully saturated rings. The van der Waals surface area contributed by atoms with Crippen LogP contribution in [-0.2, 0) is 9.53 Å². The second-order valence-electron chi connectivity index (χ2n) is 2.23. The lowest BCUT2D eigenvalue weighted by Gasteiger charge is -1.99. The van der Waals surface area contributed by atoms with E-state index in [1.165, 1.54) is 7.11 Å². The topological polar surface area (TPSA) is 50.2 Å². The first kappa shape index (κ1) is 8.46. The molecule has 1 aromatic rings. The van der Waals surface area contributed by atoms with Crippen molar-refractivity contribution in [1.29, 1.82) is 5.41 Å². The average molecular weight is 163 g/mol. The van der Waals surface area contributed by atoms with Gasteiger partial charge in [0.1, 0.15) is 5.71 Å². The van der Waals surface area contributed by atoms with Gasteiger partial charge in [-0.2, -0.15) is 0 Å². The summed E-state index contributed by atoms with van der Waals surface area (Å²) in [4.78, 5) is 10.9. The molecule has 1 N–H and O–H groups in total. The summed E-state index contributed by atoms with van der Waals surface area (Å²) < 4.78 is 4.40. The Morgan fingerprint density at radius 3 is 2.42 bits per heavy atom. The summed E-state index contributed by atoms with van der Waals surface area (Å²) in [6.07, 6.45) is 0. The van der Waals surface area contributed by atoms with Crippen LogP contribution in [0.3, 0.4) is 0 Å². The molecule has 3 heteroatoms. The molecule has 0 radical (unpaired) electrons. The Morgan fingerprint density at radius 2 is 1.92 bits per heavy atom. The lowest BCUT2D eigenvalue weighted by atomic mass is 10.1. The van der Waals surface area contributed by atoms with Crippen LogP contribution in [0.1, 0.15) is 5.56 Å². The third kappa shape index (κ3) is 1.69. The first-order chi connectivity index (χ1) is 5.75. The molecule has 0 unspecified atom stereocenters. The van der Waals surface area contributed by atoms with Gasteiger partial charge in [-0.1, -0.05) is 30.3 Å². The Kier molecular flexibility index (Phi) is 2.58. The molecule has 0 bridgehead atoms. The Balaban J connectivity index is 2.86. The van der Waals surface area contributed by atoms with Crippen molar-refractivity contribution in [2.24, 2.45) is 0 Å². The molecule has 0 saturated heterocycles. The Morgan fingerprint density at radius 1 is 1.33 bits per heavy atom. The second-order valence-corrected chi connectivity index (χ2v) is 2.23. The molecule has 0 heterocycles. The smallest absolute Gasteiger partial charge is 0.356 e. The predicted octanol–water partition coefficient (Wildman–Crippen LogP) is 1.23. The molecule has 0 saturated carbocycles. The minimum absolute atomic E-state index is 0.113. The van der Waals surface area contributed by atoms with Crippen LogP contribution in [0.5, 0.6) is 0 Å². The van der Waals surface area contributed by atoms with E-state index in [1.54, 1.807) is 24.3 Å². The second kappa shape index (κ2) is 3.67. The highest BCUT2D eigenvalue weighted by Crippen LogP contribution is 2.00. The van der Waals surface area contributed by atoms with Crippen molar-refractivity contribution in [3.63, 3.8) is 0 Å². The van der Waals surface area contributed by atoms with Gasteiger partial charge in [0, 0.05) is 5.56 Å². The van der Waals surface area contributed by atoms with E-state index in [4.69, 9.17) is 5.41 Å². The van der Waals surface area contributed by atoms with Gasteiger partial charge in [-0.15, -0.1) is 0 Å². The van der Waals surface area contributed by atoms with Gasteiger partial charge < -0.3 is 4.74 Å². The van der Waals surface area contributed by atoms with Crippen LogP contribution in [0.4, 0.5) is 0 Å². The first-order valence-corrected chi connectivity index (χ1v) is 3.48. The highest BCUT2D eigenvalue weighted by molar-refractivity contribution is 6.41. The summed E-state index contributed by atoms with van der Waals surface area (Å²) in [6.45, 7) is 0. The highest BCUT2D eigenvalue weighted by Gasteiger charge is 2.10. The van der Waals surface area contributed by atoms with Crippen LogP contribution < -0.4 is 0 Å². The lowest BCUT2D eigenvalue weighted by molar-refractivity contribution is -0.132. The van der Waals surface area contributed by atoms with E-state index in [9.17, 15) is 4.79 Å². The molecule has 3 nitrogen and oxygen atoms in total. The van der Waals surface area contributed by atoms with Gasteiger partial charge >= 0.3 is 5.97 Å². The zero-order valence-electron chi connectivity index (χ0n) is 6.70. The number of ether oxygens (including phenoxy) is 1. The summed E-state index contributed by atoms with van der Waals surface area (Å²) in [5, 5.41) is 7.36. The normalized spacial score (nSPS) is 9.08. The van der Waals surface area contributed by atoms with E-state index in [-0.39, 0.29) is 5.71 Å². The largest absolute Gasteiger partial charge is 0.464 e. The quantitative estimate of drug-likeness (QED) is 0.526. The minimum atomic E-state index is -0.610. The van der Waals surface area contributed by atoms with Crippen molar-refractivity contribution >= 4 is 11.7 Å². The van der Waals surface area contributed by atoms with E-state index in [2.05, 4.69) is 4.74 Å². The van der Waals surface area contributed by atoms with Gasteiger partial charge in [0.2, 0.25) is 0 Å². The minimum Gasteiger partial charge on any atom is -0.464 e. The van der Waals surface area contributed by atoms with Crippen molar-refractivity contribution in [2.75, 3.05) is 7.11 Å². The standard InChI is InChI=1S/C9H9NO2/c1-12-9(11)8(10)7-5-3-2-4-6-7/h2-6,10H,1H3. The highest BCUT2D eigenvalue weighted by atomic mass is 16.5. The number of hydrogen-bond donors (Lipinski definition) is 1. The number of carbonyl (C=O) groups excluding carboxylic acids is 1. The summed E-state index contributed by atoms with van der Waals surface area (Å²) >= 11 is 0. The number of hydrogen-bond acceptors (Lipinski definition) is 3. The van der Waals surface area contributed by atoms with Gasteiger partial charge in [0.25, 0.3) is 0 Å². The third-order valence-electron chi connectivity index (χ3n) is 1.45. The maximum absolute atomic E-state index is 10.9. The number of nitrogens with one attached hydrogen (secondary N) is 1. The summed E-state index contributed by atoms with van der Waals surface area (Å²) in [5.41, 5.74) is 0.461. The van der Waals surface area contributed by atoms with Crippen molar-refractivity contribution in [2.45, 2.75) is 0 Å². The fourth-order valence-electron chi connectivity index (χ4n) is 0.825. The fraction of sp³-hybridized carbons (Fsp3) is 0.111. The third-order valence-corrected chi connectivity index (χ3v) is 1.45. The number of esters is 1. The number of carbonyl (C=O) groups is 1. The zero-order valence-corrected chi connectivity index (χ0v) is 6.70. The van der Waals surface area contributed by atoms with Crippen LogP contribution in [0.25, 0.3) is 0 Å². The van der Waals surface area contributed by atoms with E-state index in [1.807, 2.05) is 6.07 Å². The van der Waals surface area contributed by atoms with Crippen LogP contribution in [0.15, 0.2) is 30.3 Å².